The maximum atomic E-state index is 17.9. The standard InChI is InChI=1S/C65H68ClF2N9O7S/c1-10-41-36(5)81-32-37(31-78)44(41)26-52-56-48(30-74(52)9)42(11-2)45-24-40(16-19-51(45)70-56)83-35(4)34(3)61(79)77-38-14-15-39(77)29-75(28-38)59-46-25-49(66)54(55(68)57(46)71-62(72-59)82-33-65-20-12-22-76(65)23-13-21-65)43-17-18-50(67)58-53(43)47(27-69)60(85-58)73-63(80)84-64(6,7)8/h16-19,24-26,31,35,38-39,41H,3,5,10-15,20-23,28-30,32-33H2,1-2,4,6-9H3,(H,73,80)/b52-26-. The fourth-order valence-corrected chi connectivity index (χ4v) is 15.3. The quantitative estimate of drug-likeness (QED) is 0.0805. The number of nitrogens with one attached hydrogen (secondary N) is 1. The molecular formula is C65H68ClF2N9O7S. The van der Waals surface area contributed by atoms with Gasteiger partial charge in [0.05, 0.1) is 55.6 Å². The molecule has 442 valence electrons. The average Bonchev–Trinajstić information content (AvgIpc) is 3.29. The number of piperazine rings is 1. The van der Waals surface area contributed by atoms with Gasteiger partial charge in [0.1, 0.15) is 65.2 Å². The van der Waals surface area contributed by atoms with Crippen molar-refractivity contribution in [2.24, 2.45) is 5.92 Å². The molecule has 9 heterocycles. The molecule has 2 bridgehead atoms. The molecule has 2 amide bonds. The zero-order valence-electron chi connectivity index (χ0n) is 48.9. The highest BCUT2D eigenvalue weighted by molar-refractivity contribution is 7.23. The maximum Gasteiger partial charge on any atom is 0.412 e. The van der Waals surface area contributed by atoms with Crippen molar-refractivity contribution < 1.29 is 42.1 Å². The Morgan fingerprint density at radius 2 is 1.80 bits per heavy atom. The van der Waals surface area contributed by atoms with Crippen molar-refractivity contribution in [1.82, 2.24) is 29.7 Å². The minimum absolute atomic E-state index is 0.0155. The summed E-state index contributed by atoms with van der Waals surface area (Å²) < 4.78 is 58.0. The summed E-state index contributed by atoms with van der Waals surface area (Å²) in [6.07, 6.45) is 8.34. The van der Waals surface area contributed by atoms with Crippen molar-refractivity contribution in [3.05, 3.63) is 117 Å². The van der Waals surface area contributed by atoms with Crippen LogP contribution in [-0.2, 0) is 32.0 Å². The highest BCUT2D eigenvalue weighted by atomic mass is 35.5. The fraction of sp³-hybridized carbons (Fsp3) is 0.431. The Balaban J connectivity index is 0.825. The van der Waals surface area contributed by atoms with Gasteiger partial charge >= 0.3 is 12.1 Å². The van der Waals surface area contributed by atoms with Crippen LogP contribution in [0.4, 0.5) is 24.4 Å². The summed E-state index contributed by atoms with van der Waals surface area (Å²) in [7, 11) is 2.04. The van der Waals surface area contributed by atoms with Gasteiger partial charge in [-0.1, -0.05) is 44.7 Å². The number of fused-ring (bicyclic) bond motifs is 7. The average molecular weight is 1190 g/mol. The molecule has 0 radical (unpaired) electrons. The lowest BCUT2D eigenvalue weighted by atomic mass is 9.88. The first-order chi connectivity index (χ1) is 40.7. The van der Waals surface area contributed by atoms with Crippen LogP contribution in [0, 0.1) is 28.9 Å². The van der Waals surface area contributed by atoms with E-state index in [4.69, 9.17) is 45.5 Å². The number of pyridine rings is 1. The van der Waals surface area contributed by atoms with Gasteiger partial charge in [-0.2, -0.15) is 15.2 Å². The van der Waals surface area contributed by atoms with Crippen LogP contribution in [0.3, 0.4) is 0 Å². The van der Waals surface area contributed by atoms with Crippen LogP contribution in [0.25, 0.3) is 48.7 Å². The Hall–Kier alpha value is -7.66. The molecule has 0 aliphatic carbocycles. The van der Waals surface area contributed by atoms with Gasteiger partial charge in [-0.25, -0.2) is 18.6 Å². The second kappa shape index (κ2) is 22.3. The first-order valence-electron chi connectivity index (χ1n) is 29.3. The van der Waals surface area contributed by atoms with E-state index in [1.54, 1.807) is 26.8 Å². The topological polar surface area (TPSA) is 176 Å². The van der Waals surface area contributed by atoms with Crippen LogP contribution >= 0.6 is 22.9 Å². The van der Waals surface area contributed by atoms with E-state index < -0.39 is 29.4 Å². The summed E-state index contributed by atoms with van der Waals surface area (Å²) in [4.78, 5) is 63.5. The predicted octanol–water partition coefficient (Wildman–Crippen LogP) is 12.8. The van der Waals surface area contributed by atoms with Crippen LogP contribution in [0.15, 0.2) is 78.1 Å². The number of halogens is 3. The molecule has 6 aliphatic rings. The number of anilines is 2. The third-order valence-electron chi connectivity index (χ3n) is 18.0. The van der Waals surface area contributed by atoms with Gasteiger partial charge in [0.25, 0.3) is 5.91 Å². The number of ether oxygens (including phenoxy) is 4. The van der Waals surface area contributed by atoms with E-state index in [2.05, 4.69) is 59.2 Å². The lowest BCUT2D eigenvalue weighted by Crippen LogP contribution is -2.57. The van der Waals surface area contributed by atoms with Gasteiger partial charge < -0.3 is 33.6 Å². The number of carbonyl (C=O) groups excluding carboxylic acids is 3. The van der Waals surface area contributed by atoms with Crippen LogP contribution < -0.4 is 19.7 Å². The number of carbonyl (C=O) groups is 3. The molecule has 4 fully saturated rings. The van der Waals surface area contributed by atoms with E-state index in [0.717, 1.165) is 108 Å². The van der Waals surface area contributed by atoms with Gasteiger partial charge in [0.2, 0.25) is 0 Å². The number of aromatic nitrogens is 3. The molecule has 20 heteroatoms. The number of aryl methyl sites for hydroxylation is 1. The van der Waals surface area contributed by atoms with E-state index >= 15 is 8.78 Å². The first-order valence-corrected chi connectivity index (χ1v) is 30.5. The third-order valence-corrected chi connectivity index (χ3v) is 19.4. The summed E-state index contributed by atoms with van der Waals surface area (Å²) in [6.45, 7) is 23.4. The maximum absolute atomic E-state index is 17.9. The smallest absolute Gasteiger partial charge is 0.412 e. The number of hydrogen-bond acceptors (Lipinski definition) is 15. The summed E-state index contributed by atoms with van der Waals surface area (Å²) in [5, 5.41) is 14.5. The van der Waals surface area contributed by atoms with Gasteiger partial charge in [-0.05, 0) is 145 Å². The molecule has 6 aliphatic heterocycles. The highest BCUT2D eigenvalue weighted by Gasteiger charge is 2.47. The van der Waals surface area contributed by atoms with E-state index in [1.807, 2.05) is 37.1 Å². The molecule has 16 nitrogen and oxygen atoms in total. The van der Waals surface area contributed by atoms with Crippen molar-refractivity contribution in [2.45, 2.75) is 129 Å². The Kier molecular flexibility index (Phi) is 15.2. The molecular weight excluding hydrogens is 1120 g/mol. The number of nitrogens with zero attached hydrogens (tertiary/aromatic N) is 8. The predicted molar refractivity (Wildman–Crippen MR) is 326 cm³/mol. The number of hydrogen-bond donors (Lipinski definition) is 1. The monoisotopic (exact) mass is 1190 g/mol. The van der Waals surface area contributed by atoms with E-state index in [9.17, 15) is 19.6 Å². The number of allylic oxidation sites excluding steroid dienone is 2. The van der Waals surface area contributed by atoms with Crippen molar-refractivity contribution in [1.29, 1.82) is 5.26 Å². The zero-order valence-corrected chi connectivity index (χ0v) is 50.5. The molecule has 1 N–H and O–H groups in total. The number of nitriles is 1. The summed E-state index contributed by atoms with van der Waals surface area (Å²) in [6, 6.07) is 11.5. The number of amides is 2. The van der Waals surface area contributed by atoms with Gasteiger partial charge in [-0.3, -0.25) is 19.8 Å². The van der Waals surface area contributed by atoms with Crippen molar-refractivity contribution in [3.63, 3.8) is 0 Å². The van der Waals surface area contributed by atoms with Crippen LogP contribution in [-0.4, -0.2) is 124 Å². The lowest BCUT2D eigenvalue weighted by molar-refractivity contribution is -0.131. The van der Waals surface area contributed by atoms with Gasteiger partial charge in [-0.15, -0.1) is 11.3 Å². The summed E-state index contributed by atoms with van der Waals surface area (Å²) in [5.41, 5.74) is 5.51. The Labute approximate surface area is 501 Å². The minimum atomic E-state index is -0.855. The first kappa shape index (κ1) is 57.8. The molecule has 85 heavy (non-hydrogen) atoms. The summed E-state index contributed by atoms with van der Waals surface area (Å²) in [5.74, 6) is -0.193. The number of aldehydes is 1. The van der Waals surface area contributed by atoms with E-state index in [-0.39, 0.29) is 84.4 Å². The number of thiophene rings is 1. The Morgan fingerprint density at radius 3 is 2.48 bits per heavy atom. The zero-order chi connectivity index (χ0) is 60.0. The highest BCUT2D eigenvalue weighted by Crippen LogP contribution is 2.48. The molecule has 4 unspecified atom stereocenters. The molecule has 4 atom stereocenters. The number of rotatable bonds is 14. The Morgan fingerprint density at radius 1 is 1.06 bits per heavy atom. The van der Waals surface area contributed by atoms with Crippen molar-refractivity contribution in [3.8, 4) is 29.0 Å². The SMILES string of the molecule is C=C(C(=O)N1C2CCC1CN(c1nc(OCC34CCCN3CCC4)nc3c(F)c(-c4ccc(F)c5sc(NC(=O)OC(C)(C)C)c(C#N)c45)c(Cl)cc13)C2)C(C)Oc1ccc2nc3c(c(CC)c2c1)CN(C)/C3=C\C1=C(C=O)COC(=C)C1CC. The molecule has 0 saturated carbocycles. The third kappa shape index (κ3) is 10.2. The Bertz CT molecular complexity index is 3920. The second-order valence-corrected chi connectivity index (χ2v) is 25.7. The van der Waals surface area contributed by atoms with Crippen molar-refractivity contribution >= 4 is 89.6 Å². The minimum Gasteiger partial charge on any atom is -0.493 e. The molecule has 6 aromatic rings. The molecule has 0 spiro atoms. The fourth-order valence-electron chi connectivity index (χ4n) is 13.9. The second-order valence-electron chi connectivity index (χ2n) is 24.3. The largest absolute Gasteiger partial charge is 0.493 e. The molecule has 12 rings (SSSR count). The van der Waals surface area contributed by atoms with Gasteiger partial charge in [0, 0.05) is 71.0 Å². The van der Waals surface area contributed by atoms with Crippen LogP contribution in [0.1, 0.15) is 109 Å². The van der Waals surface area contributed by atoms with Crippen LogP contribution in [0.2, 0.25) is 5.02 Å². The van der Waals surface area contributed by atoms with Crippen molar-refractivity contribution in [2.75, 3.05) is 56.7 Å². The molecule has 4 saturated heterocycles. The molecule has 3 aromatic heterocycles. The lowest BCUT2D eigenvalue weighted by Gasteiger charge is -2.42. The van der Waals surface area contributed by atoms with E-state index in [1.165, 1.54) is 12.1 Å². The van der Waals surface area contributed by atoms with Crippen LogP contribution in [0.5, 0.6) is 11.8 Å². The van der Waals surface area contributed by atoms with Gasteiger partial charge in [0.15, 0.2) is 5.82 Å². The number of benzene rings is 3. The van der Waals surface area contributed by atoms with E-state index in [0.29, 0.717) is 72.9 Å². The normalized spacial score (nSPS) is 21.0. The molecule has 3 aromatic carbocycles. The summed E-state index contributed by atoms with van der Waals surface area (Å²) >= 11 is 8.01.